The summed E-state index contributed by atoms with van der Waals surface area (Å²) in [5.41, 5.74) is 5.73. The molecule has 6 nitrogen and oxygen atoms in total. The summed E-state index contributed by atoms with van der Waals surface area (Å²) < 4.78 is 26.1. The quantitative estimate of drug-likeness (QED) is 0.699. The Balaban J connectivity index is 0.00000361. The second kappa shape index (κ2) is 8.91. The smallest absolute Gasteiger partial charge is 0.240 e. The van der Waals surface area contributed by atoms with E-state index in [4.69, 9.17) is 5.73 Å². The van der Waals surface area contributed by atoms with Gasteiger partial charge < -0.3 is 11.1 Å². The standard InChI is InChI=1S/C12H19N3O3S.ClH/c1-2-4-12(16)15-10-5-3-6-11(9-10)19(17,18)14-8-7-13;/h3,5-6,9,14H,2,4,7-8,13H2,1H3,(H,15,16);1H. The van der Waals surface area contributed by atoms with Crippen LogP contribution in [-0.2, 0) is 14.8 Å². The Morgan fingerprint density at radius 1 is 1.35 bits per heavy atom. The monoisotopic (exact) mass is 321 g/mol. The summed E-state index contributed by atoms with van der Waals surface area (Å²) in [7, 11) is -3.57. The number of benzene rings is 1. The number of carbonyl (C=O) groups is 1. The molecule has 0 radical (unpaired) electrons. The molecular formula is C12H20ClN3O3S. The van der Waals surface area contributed by atoms with Gasteiger partial charge >= 0.3 is 0 Å². The van der Waals surface area contributed by atoms with Crippen LogP contribution >= 0.6 is 12.4 Å². The van der Waals surface area contributed by atoms with Crippen molar-refractivity contribution < 1.29 is 13.2 Å². The van der Waals surface area contributed by atoms with Gasteiger partial charge in [0.1, 0.15) is 0 Å². The van der Waals surface area contributed by atoms with Crippen molar-refractivity contribution in [1.82, 2.24) is 4.72 Å². The Morgan fingerprint density at radius 2 is 2.05 bits per heavy atom. The molecule has 1 amide bonds. The summed E-state index contributed by atoms with van der Waals surface area (Å²) in [4.78, 5) is 11.6. The van der Waals surface area contributed by atoms with Crippen LogP contribution in [0.1, 0.15) is 19.8 Å². The number of anilines is 1. The van der Waals surface area contributed by atoms with Crippen LogP contribution in [0.15, 0.2) is 29.2 Å². The predicted octanol–water partition coefficient (Wildman–Crippen LogP) is 1.08. The lowest BCUT2D eigenvalue weighted by molar-refractivity contribution is -0.116. The molecule has 1 aromatic carbocycles. The molecule has 1 aromatic rings. The molecule has 114 valence electrons. The zero-order chi connectivity index (χ0) is 14.3. The summed E-state index contributed by atoms with van der Waals surface area (Å²) in [5, 5.41) is 2.66. The number of nitrogens with two attached hydrogens (primary N) is 1. The maximum absolute atomic E-state index is 11.9. The molecule has 0 saturated heterocycles. The van der Waals surface area contributed by atoms with Crippen molar-refractivity contribution in [3.63, 3.8) is 0 Å². The van der Waals surface area contributed by atoms with Gasteiger partial charge in [-0.05, 0) is 24.6 Å². The van der Waals surface area contributed by atoms with Gasteiger partial charge in [-0.25, -0.2) is 13.1 Å². The summed E-state index contributed by atoms with van der Waals surface area (Å²) >= 11 is 0. The Bertz CT molecular complexity index is 535. The van der Waals surface area contributed by atoms with Crippen LogP contribution in [0.4, 0.5) is 5.69 Å². The fourth-order valence-electron chi connectivity index (χ4n) is 1.47. The van der Waals surface area contributed by atoms with E-state index < -0.39 is 10.0 Å². The number of amides is 1. The first-order chi connectivity index (χ1) is 8.99. The molecule has 0 aliphatic carbocycles. The Morgan fingerprint density at radius 3 is 2.65 bits per heavy atom. The molecule has 1 rings (SSSR count). The van der Waals surface area contributed by atoms with Gasteiger partial charge in [-0.2, -0.15) is 0 Å². The fourth-order valence-corrected chi connectivity index (χ4v) is 2.56. The molecule has 0 fully saturated rings. The van der Waals surface area contributed by atoms with E-state index in [2.05, 4.69) is 10.0 Å². The number of hydrogen-bond acceptors (Lipinski definition) is 4. The number of halogens is 1. The normalized spacial score (nSPS) is 10.7. The van der Waals surface area contributed by atoms with Gasteiger partial charge in [-0.1, -0.05) is 13.0 Å². The molecule has 20 heavy (non-hydrogen) atoms. The van der Waals surface area contributed by atoms with Crippen LogP contribution in [-0.4, -0.2) is 27.4 Å². The highest BCUT2D eigenvalue weighted by Gasteiger charge is 2.13. The van der Waals surface area contributed by atoms with Gasteiger partial charge in [0.15, 0.2) is 0 Å². The molecule has 0 aromatic heterocycles. The topological polar surface area (TPSA) is 101 Å². The van der Waals surface area contributed by atoms with Crippen LogP contribution in [0.5, 0.6) is 0 Å². The lowest BCUT2D eigenvalue weighted by atomic mass is 10.3. The van der Waals surface area contributed by atoms with Crippen molar-refractivity contribution in [3.05, 3.63) is 24.3 Å². The number of rotatable bonds is 7. The largest absolute Gasteiger partial charge is 0.329 e. The highest BCUT2D eigenvalue weighted by Crippen LogP contribution is 2.15. The third-order valence-electron chi connectivity index (χ3n) is 2.34. The molecule has 0 saturated carbocycles. The second-order valence-corrected chi connectivity index (χ2v) is 5.78. The minimum absolute atomic E-state index is 0. The molecule has 0 spiro atoms. The van der Waals surface area contributed by atoms with Crippen molar-refractivity contribution in [2.45, 2.75) is 24.7 Å². The molecule has 0 aliphatic heterocycles. The van der Waals surface area contributed by atoms with E-state index in [9.17, 15) is 13.2 Å². The molecule has 0 bridgehead atoms. The Kier molecular flexibility index (Phi) is 8.40. The number of hydrogen-bond donors (Lipinski definition) is 3. The van der Waals surface area contributed by atoms with E-state index in [1.165, 1.54) is 12.1 Å². The summed E-state index contributed by atoms with van der Waals surface area (Å²) in [6.45, 7) is 2.30. The van der Waals surface area contributed by atoms with E-state index in [0.717, 1.165) is 6.42 Å². The lowest BCUT2D eigenvalue weighted by Crippen LogP contribution is -2.29. The first-order valence-corrected chi connectivity index (χ1v) is 7.57. The average molecular weight is 322 g/mol. The van der Waals surface area contributed by atoms with Crippen LogP contribution in [0, 0.1) is 0 Å². The van der Waals surface area contributed by atoms with E-state index in [1.807, 2.05) is 6.92 Å². The van der Waals surface area contributed by atoms with Crippen molar-refractivity contribution in [1.29, 1.82) is 0 Å². The summed E-state index contributed by atoms with van der Waals surface area (Å²) in [6, 6.07) is 6.12. The SMILES string of the molecule is CCCC(=O)Nc1cccc(S(=O)(=O)NCCN)c1.Cl. The predicted molar refractivity (Wildman–Crippen MR) is 81.5 cm³/mol. The van der Waals surface area contributed by atoms with Crippen LogP contribution in [0.2, 0.25) is 0 Å². The Labute approximate surface area is 125 Å². The van der Waals surface area contributed by atoms with E-state index in [-0.39, 0.29) is 36.3 Å². The van der Waals surface area contributed by atoms with Gasteiger partial charge in [-0.15, -0.1) is 12.4 Å². The van der Waals surface area contributed by atoms with Crippen molar-refractivity contribution >= 4 is 34.0 Å². The zero-order valence-electron chi connectivity index (χ0n) is 11.3. The van der Waals surface area contributed by atoms with E-state index in [1.54, 1.807) is 12.1 Å². The van der Waals surface area contributed by atoms with Gasteiger partial charge in [0, 0.05) is 25.2 Å². The summed E-state index contributed by atoms with van der Waals surface area (Å²) in [6.07, 6.45) is 1.14. The molecule has 0 heterocycles. The highest BCUT2D eigenvalue weighted by atomic mass is 35.5. The zero-order valence-corrected chi connectivity index (χ0v) is 12.9. The van der Waals surface area contributed by atoms with Crippen LogP contribution < -0.4 is 15.8 Å². The maximum Gasteiger partial charge on any atom is 0.240 e. The highest BCUT2D eigenvalue weighted by molar-refractivity contribution is 7.89. The lowest BCUT2D eigenvalue weighted by Gasteiger charge is -2.08. The average Bonchev–Trinajstić information content (AvgIpc) is 2.37. The van der Waals surface area contributed by atoms with Crippen molar-refractivity contribution in [3.8, 4) is 0 Å². The minimum atomic E-state index is -3.57. The first kappa shape index (κ1) is 18.9. The van der Waals surface area contributed by atoms with Crippen LogP contribution in [0.25, 0.3) is 0 Å². The number of carbonyl (C=O) groups excluding carboxylic acids is 1. The Hall–Kier alpha value is -1.15. The summed E-state index contributed by atoms with van der Waals surface area (Å²) in [5.74, 6) is -0.132. The molecule has 8 heteroatoms. The van der Waals surface area contributed by atoms with Gasteiger partial charge in [0.2, 0.25) is 15.9 Å². The molecule has 0 unspecified atom stereocenters. The third-order valence-corrected chi connectivity index (χ3v) is 3.80. The van der Waals surface area contributed by atoms with Crippen molar-refractivity contribution in [2.24, 2.45) is 5.73 Å². The molecule has 0 atom stereocenters. The molecular weight excluding hydrogens is 302 g/mol. The number of sulfonamides is 1. The minimum Gasteiger partial charge on any atom is -0.329 e. The van der Waals surface area contributed by atoms with Gasteiger partial charge in [-0.3, -0.25) is 4.79 Å². The second-order valence-electron chi connectivity index (χ2n) is 4.01. The van der Waals surface area contributed by atoms with Gasteiger partial charge in [0.05, 0.1) is 4.90 Å². The first-order valence-electron chi connectivity index (χ1n) is 6.09. The number of nitrogens with one attached hydrogen (secondary N) is 2. The maximum atomic E-state index is 11.9. The molecule has 0 aliphatic rings. The van der Waals surface area contributed by atoms with Gasteiger partial charge in [0.25, 0.3) is 0 Å². The van der Waals surface area contributed by atoms with E-state index >= 15 is 0 Å². The van der Waals surface area contributed by atoms with Crippen molar-refractivity contribution in [2.75, 3.05) is 18.4 Å². The third kappa shape index (κ3) is 5.87. The molecule has 4 N–H and O–H groups in total. The fraction of sp³-hybridized carbons (Fsp3) is 0.417. The van der Waals surface area contributed by atoms with E-state index in [0.29, 0.717) is 12.1 Å². The van der Waals surface area contributed by atoms with Crippen LogP contribution in [0.3, 0.4) is 0 Å².